The average molecular weight is 262 g/mol. The molecule has 0 aliphatic carbocycles. The van der Waals surface area contributed by atoms with E-state index in [-0.39, 0.29) is 5.69 Å². The molecule has 1 aromatic carbocycles. The summed E-state index contributed by atoms with van der Waals surface area (Å²) in [6, 6.07) is 6.05. The van der Waals surface area contributed by atoms with Crippen molar-refractivity contribution in [2.45, 2.75) is 26.3 Å². The Morgan fingerprint density at radius 2 is 2.39 bits per heavy atom. The van der Waals surface area contributed by atoms with E-state index in [1.807, 2.05) is 28.5 Å². The second kappa shape index (κ2) is 4.84. The predicted molar refractivity (Wildman–Crippen MR) is 77.3 cm³/mol. The Balaban J connectivity index is 2.00. The molecular weight excluding hydrogens is 244 g/mol. The van der Waals surface area contributed by atoms with E-state index in [9.17, 15) is 4.79 Å². The van der Waals surface area contributed by atoms with Gasteiger partial charge in [0.25, 0.3) is 0 Å². The van der Waals surface area contributed by atoms with Crippen molar-refractivity contribution in [2.24, 2.45) is 5.92 Å². The molecule has 0 saturated carbocycles. The van der Waals surface area contributed by atoms with Crippen LogP contribution in [-0.2, 0) is 6.54 Å². The summed E-state index contributed by atoms with van der Waals surface area (Å²) >= 11 is 2.01. The molecule has 0 spiro atoms. The van der Waals surface area contributed by atoms with Gasteiger partial charge in [-0.1, -0.05) is 12.1 Å². The van der Waals surface area contributed by atoms with Gasteiger partial charge in [-0.05, 0) is 48.8 Å². The molecule has 1 saturated heterocycles. The average Bonchev–Trinajstić information content (AvgIpc) is 2.69. The summed E-state index contributed by atoms with van der Waals surface area (Å²) in [6.45, 7) is 2.93. The van der Waals surface area contributed by atoms with Crippen molar-refractivity contribution < 1.29 is 0 Å². The van der Waals surface area contributed by atoms with Crippen molar-refractivity contribution >= 4 is 22.8 Å². The lowest BCUT2D eigenvalue weighted by Gasteiger charge is -2.21. The second-order valence-electron chi connectivity index (χ2n) is 5.10. The molecule has 1 atom stereocenters. The number of nitrogens with one attached hydrogen (secondary N) is 1. The number of rotatable bonds is 2. The van der Waals surface area contributed by atoms with E-state index in [4.69, 9.17) is 0 Å². The van der Waals surface area contributed by atoms with Crippen LogP contribution in [0, 0.1) is 12.8 Å². The number of H-pyrrole nitrogens is 1. The Hall–Kier alpha value is -1.16. The lowest BCUT2D eigenvalue weighted by Crippen LogP contribution is -2.24. The Bertz CT molecular complexity index is 608. The fourth-order valence-corrected chi connectivity index (χ4v) is 3.93. The Kier molecular flexibility index (Phi) is 3.20. The molecule has 0 radical (unpaired) electrons. The maximum Gasteiger partial charge on any atom is 0.326 e. The third kappa shape index (κ3) is 2.09. The quantitative estimate of drug-likeness (QED) is 0.903. The van der Waals surface area contributed by atoms with Gasteiger partial charge in [-0.2, -0.15) is 11.8 Å². The van der Waals surface area contributed by atoms with Crippen LogP contribution in [0.1, 0.15) is 18.4 Å². The Morgan fingerprint density at radius 3 is 3.17 bits per heavy atom. The first kappa shape index (κ1) is 11.9. The van der Waals surface area contributed by atoms with Gasteiger partial charge in [-0.15, -0.1) is 0 Å². The third-order valence-electron chi connectivity index (χ3n) is 3.69. The Labute approximate surface area is 111 Å². The van der Waals surface area contributed by atoms with E-state index in [1.54, 1.807) is 0 Å². The van der Waals surface area contributed by atoms with Gasteiger partial charge in [0.2, 0.25) is 0 Å². The van der Waals surface area contributed by atoms with Gasteiger partial charge < -0.3 is 4.98 Å². The summed E-state index contributed by atoms with van der Waals surface area (Å²) in [4.78, 5) is 15.0. The molecule has 1 fully saturated rings. The molecule has 18 heavy (non-hydrogen) atoms. The summed E-state index contributed by atoms with van der Waals surface area (Å²) in [5.74, 6) is 3.10. The molecular formula is C14H18N2OS. The largest absolute Gasteiger partial charge is 0.326 e. The number of aromatic nitrogens is 2. The summed E-state index contributed by atoms with van der Waals surface area (Å²) < 4.78 is 1.93. The third-order valence-corrected chi connectivity index (χ3v) is 4.97. The molecule has 3 rings (SSSR count). The molecule has 0 amide bonds. The lowest BCUT2D eigenvalue weighted by atomic mass is 10.1. The number of nitrogens with zero attached hydrogens (tertiary/aromatic N) is 1. The monoisotopic (exact) mass is 262 g/mol. The number of fused-ring (bicyclic) bond motifs is 1. The highest BCUT2D eigenvalue weighted by atomic mass is 32.2. The first-order valence-electron chi connectivity index (χ1n) is 6.51. The zero-order valence-electron chi connectivity index (χ0n) is 10.6. The van der Waals surface area contributed by atoms with Crippen molar-refractivity contribution in [3.8, 4) is 0 Å². The smallest absolute Gasteiger partial charge is 0.306 e. The van der Waals surface area contributed by atoms with Crippen LogP contribution in [0.2, 0.25) is 0 Å². The second-order valence-corrected chi connectivity index (χ2v) is 6.24. The minimum atomic E-state index is 0.0369. The first-order valence-corrected chi connectivity index (χ1v) is 7.67. The van der Waals surface area contributed by atoms with Crippen molar-refractivity contribution in [3.63, 3.8) is 0 Å². The first-order chi connectivity index (χ1) is 8.75. The molecule has 1 unspecified atom stereocenters. The normalized spacial score (nSPS) is 20.4. The van der Waals surface area contributed by atoms with Crippen LogP contribution in [0.5, 0.6) is 0 Å². The maximum atomic E-state index is 12.1. The minimum Gasteiger partial charge on any atom is -0.306 e. The van der Waals surface area contributed by atoms with Gasteiger partial charge in [-0.25, -0.2) is 4.79 Å². The SMILES string of the molecule is Cc1cccc2[nH]c(=O)n(CC3CCCSC3)c12. The van der Waals surface area contributed by atoms with Gasteiger partial charge in [0.05, 0.1) is 11.0 Å². The molecule has 4 heteroatoms. The molecule has 2 heterocycles. The number of para-hydroxylation sites is 1. The van der Waals surface area contributed by atoms with Crippen LogP contribution in [0.3, 0.4) is 0 Å². The zero-order chi connectivity index (χ0) is 12.5. The van der Waals surface area contributed by atoms with Crippen LogP contribution in [0.4, 0.5) is 0 Å². The number of hydrogen-bond donors (Lipinski definition) is 1. The van der Waals surface area contributed by atoms with Crippen molar-refractivity contribution in [1.82, 2.24) is 9.55 Å². The van der Waals surface area contributed by atoms with Gasteiger partial charge in [-0.3, -0.25) is 4.57 Å². The molecule has 1 aliphatic heterocycles. The molecule has 3 nitrogen and oxygen atoms in total. The van der Waals surface area contributed by atoms with E-state index in [0.717, 1.165) is 17.6 Å². The van der Waals surface area contributed by atoms with E-state index >= 15 is 0 Å². The molecule has 1 aromatic heterocycles. The van der Waals surface area contributed by atoms with E-state index in [1.165, 1.54) is 29.9 Å². The molecule has 1 aliphatic rings. The van der Waals surface area contributed by atoms with Crippen LogP contribution >= 0.6 is 11.8 Å². The van der Waals surface area contributed by atoms with E-state index in [0.29, 0.717) is 5.92 Å². The van der Waals surface area contributed by atoms with Gasteiger partial charge >= 0.3 is 5.69 Å². The number of hydrogen-bond acceptors (Lipinski definition) is 2. The summed E-state index contributed by atoms with van der Waals surface area (Å²) in [5.41, 5.74) is 3.26. The standard InChI is InChI=1S/C14H18N2OS/c1-10-4-2-6-12-13(10)16(14(17)15-12)8-11-5-3-7-18-9-11/h2,4,6,11H,3,5,7-9H2,1H3,(H,15,17). The van der Waals surface area contributed by atoms with Gasteiger partial charge in [0.1, 0.15) is 0 Å². The number of benzene rings is 1. The fourth-order valence-electron chi connectivity index (χ4n) is 2.79. The van der Waals surface area contributed by atoms with Gasteiger partial charge in [0, 0.05) is 6.54 Å². The van der Waals surface area contributed by atoms with Crippen LogP contribution < -0.4 is 5.69 Å². The molecule has 2 aromatic rings. The van der Waals surface area contributed by atoms with E-state index in [2.05, 4.69) is 18.0 Å². The minimum absolute atomic E-state index is 0.0369. The van der Waals surface area contributed by atoms with E-state index < -0.39 is 0 Å². The number of aryl methyl sites for hydroxylation is 1. The highest BCUT2D eigenvalue weighted by Gasteiger charge is 2.17. The zero-order valence-corrected chi connectivity index (χ0v) is 11.4. The maximum absolute atomic E-state index is 12.1. The Morgan fingerprint density at radius 1 is 1.50 bits per heavy atom. The fraction of sp³-hybridized carbons (Fsp3) is 0.500. The highest BCUT2D eigenvalue weighted by Crippen LogP contribution is 2.25. The topological polar surface area (TPSA) is 37.8 Å². The van der Waals surface area contributed by atoms with Crippen LogP contribution in [-0.4, -0.2) is 21.1 Å². The van der Waals surface area contributed by atoms with Crippen molar-refractivity contribution in [1.29, 1.82) is 0 Å². The highest BCUT2D eigenvalue weighted by molar-refractivity contribution is 7.99. The summed E-state index contributed by atoms with van der Waals surface area (Å²) in [7, 11) is 0. The number of imidazole rings is 1. The molecule has 96 valence electrons. The molecule has 1 N–H and O–H groups in total. The van der Waals surface area contributed by atoms with Crippen LogP contribution in [0.15, 0.2) is 23.0 Å². The van der Waals surface area contributed by atoms with Crippen LogP contribution in [0.25, 0.3) is 11.0 Å². The van der Waals surface area contributed by atoms with Gasteiger partial charge in [0.15, 0.2) is 0 Å². The molecule has 0 bridgehead atoms. The number of thioether (sulfide) groups is 1. The summed E-state index contributed by atoms with van der Waals surface area (Å²) in [6.07, 6.45) is 2.53. The lowest BCUT2D eigenvalue weighted by molar-refractivity contribution is 0.445. The summed E-state index contributed by atoms with van der Waals surface area (Å²) in [5, 5.41) is 0. The van der Waals surface area contributed by atoms with Crippen molar-refractivity contribution in [2.75, 3.05) is 11.5 Å². The predicted octanol–water partition coefficient (Wildman–Crippen LogP) is 2.78. The van der Waals surface area contributed by atoms with Crippen molar-refractivity contribution in [3.05, 3.63) is 34.2 Å². The number of aromatic amines is 1.